The minimum atomic E-state index is -0.234. The van der Waals surface area contributed by atoms with E-state index in [-0.39, 0.29) is 23.6 Å². The smallest absolute Gasteiger partial charge is 0.259 e. The summed E-state index contributed by atoms with van der Waals surface area (Å²) in [5.74, 6) is 0.469. The van der Waals surface area contributed by atoms with Gasteiger partial charge < -0.3 is 15.6 Å². The first-order valence-electron chi connectivity index (χ1n) is 9.05. The van der Waals surface area contributed by atoms with Crippen LogP contribution in [-0.4, -0.2) is 14.5 Å². The number of benzene rings is 1. The predicted octanol–water partition coefficient (Wildman–Crippen LogP) is 3.69. The maximum Gasteiger partial charge on any atom is 0.259 e. The summed E-state index contributed by atoms with van der Waals surface area (Å²) in [5, 5.41) is 14.3. The maximum absolute atomic E-state index is 13.4. The van der Waals surface area contributed by atoms with Crippen molar-refractivity contribution < 1.29 is 0 Å². The number of nitrogens with one attached hydrogen (secondary N) is 1. The summed E-state index contributed by atoms with van der Waals surface area (Å²) in [6.45, 7) is 1.96. The molecule has 4 rings (SSSR count). The molecule has 1 aliphatic carbocycles. The van der Waals surface area contributed by atoms with E-state index in [1.54, 1.807) is 0 Å². The minimum Gasteiger partial charge on any atom is -0.368 e. The second-order valence-corrected chi connectivity index (χ2v) is 7.72. The molecule has 1 atom stereocenters. The summed E-state index contributed by atoms with van der Waals surface area (Å²) >= 11 is 2.29. The van der Waals surface area contributed by atoms with Crippen molar-refractivity contribution in [2.75, 3.05) is 11.1 Å². The quantitative estimate of drug-likeness (QED) is 0.421. The summed E-state index contributed by atoms with van der Waals surface area (Å²) < 4.78 is 2.69. The monoisotopic (exact) mass is 486 g/mol. The number of alkyl halides is 1. The number of halogens is 1. The van der Waals surface area contributed by atoms with Crippen LogP contribution in [0.1, 0.15) is 48.7 Å². The topological polar surface area (TPSA) is 110 Å². The molecule has 1 saturated carbocycles. The highest BCUT2D eigenvalue weighted by molar-refractivity contribution is 14.1. The molecule has 8 heteroatoms. The van der Waals surface area contributed by atoms with Crippen LogP contribution in [0.25, 0.3) is 10.8 Å². The van der Waals surface area contributed by atoms with E-state index in [2.05, 4.69) is 50.0 Å². The van der Waals surface area contributed by atoms with Crippen LogP contribution in [0, 0.1) is 11.3 Å². The van der Waals surface area contributed by atoms with E-state index in [0.29, 0.717) is 11.4 Å². The van der Waals surface area contributed by atoms with E-state index in [4.69, 9.17) is 5.73 Å². The number of nitrogens with two attached hydrogens (primary N) is 1. The average molecular weight is 486 g/mol. The van der Waals surface area contributed by atoms with Gasteiger partial charge in [-0.25, -0.2) is 4.98 Å². The van der Waals surface area contributed by atoms with Crippen LogP contribution in [-0.2, 0) is 4.43 Å². The zero-order chi connectivity index (χ0) is 19.8. The molecular weight excluding hydrogens is 467 g/mol. The third-order valence-electron chi connectivity index (χ3n) is 4.98. The Balaban J connectivity index is 1.85. The second kappa shape index (κ2) is 7.39. The Morgan fingerprint density at radius 3 is 2.93 bits per heavy atom. The zero-order valence-corrected chi connectivity index (χ0v) is 17.5. The molecule has 3 N–H and O–H groups in total. The Labute approximate surface area is 175 Å². The Hall–Kier alpha value is -2.67. The van der Waals surface area contributed by atoms with Gasteiger partial charge in [0, 0.05) is 16.2 Å². The van der Waals surface area contributed by atoms with Crippen LogP contribution < -0.4 is 16.6 Å². The molecule has 2 heterocycles. The molecule has 2 aromatic heterocycles. The van der Waals surface area contributed by atoms with Gasteiger partial charge in [-0.15, -0.1) is 0 Å². The number of anilines is 2. The molecule has 1 fully saturated rings. The molecule has 3 aromatic rings. The standard InChI is InChI=1S/C20H19IN6O/c1-11(25-18-14(9-22)10-24-20(23)26-18)16-7-12-3-2-4-13(8-21)17(12)19(28)27(16)15-5-6-15/h2-4,7,10-11,15H,5-6,8H2,1H3,(H3,23,24,25,26)/t11-/m0/s1. The van der Waals surface area contributed by atoms with Gasteiger partial charge in [-0.3, -0.25) is 4.79 Å². The number of fused-ring (bicyclic) bond motifs is 1. The highest BCUT2D eigenvalue weighted by Crippen LogP contribution is 2.37. The van der Waals surface area contributed by atoms with Gasteiger partial charge in [-0.05, 0) is 36.8 Å². The first-order valence-corrected chi connectivity index (χ1v) is 10.6. The maximum atomic E-state index is 13.4. The largest absolute Gasteiger partial charge is 0.368 e. The van der Waals surface area contributed by atoms with Crippen LogP contribution in [0.2, 0.25) is 0 Å². The minimum absolute atomic E-state index is 0.0543. The molecule has 1 aliphatic rings. The normalized spacial score (nSPS) is 14.6. The summed E-state index contributed by atoms with van der Waals surface area (Å²) in [6, 6.07) is 10.1. The van der Waals surface area contributed by atoms with Gasteiger partial charge in [0.25, 0.3) is 5.56 Å². The highest BCUT2D eigenvalue weighted by atomic mass is 127. The summed E-state index contributed by atoms with van der Waals surface area (Å²) in [4.78, 5) is 21.4. The number of nitrogens with zero attached hydrogens (tertiary/aromatic N) is 4. The zero-order valence-electron chi connectivity index (χ0n) is 15.3. The van der Waals surface area contributed by atoms with Crippen LogP contribution >= 0.6 is 22.6 Å². The highest BCUT2D eigenvalue weighted by Gasteiger charge is 2.29. The number of aromatic nitrogens is 3. The fourth-order valence-corrected chi connectivity index (χ4v) is 4.12. The number of nitrogen functional groups attached to an aromatic ring is 1. The fraction of sp³-hybridized carbons (Fsp3) is 0.300. The molecule has 7 nitrogen and oxygen atoms in total. The van der Waals surface area contributed by atoms with Gasteiger partial charge in [-0.1, -0.05) is 40.8 Å². The molecule has 142 valence electrons. The molecule has 0 saturated heterocycles. The van der Waals surface area contributed by atoms with Gasteiger partial charge in [0.05, 0.1) is 17.6 Å². The van der Waals surface area contributed by atoms with Crippen molar-refractivity contribution in [1.82, 2.24) is 14.5 Å². The van der Waals surface area contributed by atoms with Crippen LogP contribution in [0.15, 0.2) is 35.3 Å². The summed E-state index contributed by atoms with van der Waals surface area (Å²) in [5.41, 5.74) is 7.99. The van der Waals surface area contributed by atoms with E-state index in [1.807, 2.05) is 29.7 Å². The van der Waals surface area contributed by atoms with Crippen molar-refractivity contribution >= 4 is 45.1 Å². The van der Waals surface area contributed by atoms with Crippen molar-refractivity contribution in [2.45, 2.75) is 36.3 Å². The van der Waals surface area contributed by atoms with Crippen molar-refractivity contribution in [3.63, 3.8) is 0 Å². The van der Waals surface area contributed by atoms with Gasteiger partial charge in [0.2, 0.25) is 5.95 Å². The fourth-order valence-electron chi connectivity index (χ4n) is 3.49. The molecule has 0 unspecified atom stereocenters. The van der Waals surface area contributed by atoms with E-state index in [0.717, 1.165) is 39.3 Å². The molecule has 28 heavy (non-hydrogen) atoms. The van der Waals surface area contributed by atoms with E-state index < -0.39 is 0 Å². The number of hydrogen-bond acceptors (Lipinski definition) is 6. The third kappa shape index (κ3) is 3.30. The first kappa shape index (κ1) is 18.7. The molecule has 0 radical (unpaired) electrons. The number of nitriles is 1. The molecule has 0 bridgehead atoms. The lowest BCUT2D eigenvalue weighted by atomic mass is 10.0. The Morgan fingerprint density at radius 1 is 1.46 bits per heavy atom. The van der Waals surface area contributed by atoms with Gasteiger partial charge in [-0.2, -0.15) is 10.2 Å². The van der Waals surface area contributed by atoms with Crippen molar-refractivity contribution in [2.24, 2.45) is 0 Å². The molecule has 0 spiro atoms. The predicted molar refractivity (Wildman–Crippen MR) is 117 cm³/mol. The third-order valence-corrected chi connectivity index (χ3v) is 5.80. The van der Waals surface area contributed by atoms with Gasteiger partial charge >= 0.3 is 0 Å². The number of pyridine rings is 1. The SMILES string of the molecule is C[C@H](Nc1nc(N)ncc1C#N)c1cc2cccc(CI)c2c(=O)n1C1CC1. The van der Waals surface area contributed by atoms with Crippen molar-refractivity contribution in [1.29, 1.82) is 5.26 Å². The molecule has 1 aromatic carbocycles. The number of rotatable bonds is 5. The second-order valence-electron chi connectivity index (χ2n) is 6.96. The lowest BCUT2D eigenvalue weighted by Gasteiger charge is -2.22. The summed E-state index contributed by atoms with van der Waals surface area (Å²) in [7, 11) is 0. The Bertz CT molecular complexity index is 1160. The lowest BCUT2D eigenvalue weighted by molar-refractivity contribution is 0.635. The van der Waals surface area contributed by atoms with Gasteiger partial charge in [0.1, 0.15) is 17.5 Å². The van der Waals surface area contributed by atoms with E-state index in [1.165, 1.54) is 6.20 Å². The van der Waals surface area contributed by atoms with E-state index >= 15 is 0 Å². The molecular formula is C20H19IN6O. The molecule has 0 amide bonds. The van der Waals surface area contributed by atoms with Crippen LogP contribution in [0.3, 0.4) is 0 Å². The average Bonchev–Trinajstić information content (AvgIpc) is 3.52. The van der Waals surface area contributed by atoms with E-state index in [9.17, 15) is 10.1 Å². The van der Waals surface area contributed by atoms with Gasteiger partial charge in [0.15, 0.2) is 0 Å². The lowest BCUT2D eigenvalue weighted by Crippen LogP contribution is -2.27. The van der Waals surface area contributed by atoms with Crippen LogP contribution in [0.4, 0.5) is 11.8 Å². The molecule has 0 aliphatic heterocycles. The van der Waals surface area contributed by atoms with Crippen molar-refractivity contribution in [3.8, 4) is 6.07 Å². The Kier molecular flexibility index (Phi) is 4.93. The van der Waals surface area contributed by atoms with Crippen LogP contribution in [0.5, 0.6) is 0 Å². The summed E-state index contributed by atoms with van der Waals surface area (Å²) in [6.07, 6.45) is 3.40. The number of hydrogen-bond donors (Lipinski definition) is 2. The Morgan fingerprint density at radius 2 is 2.25 bits per heavy atom. The van der Waals surface area contributed by atoms with Crippen molar-refractivity contribution in [3.05, 3.63) is 57.6 Å². The first-order chi connectivity index (χ1) is 13.5.